The topological polar surface area (TPSA) is 37.6 Å². The normalized spacial score (nSPS) is 21.3. The third-order valence-electron chi connectivity index (χ3n) is 3.57. The Bertz CT molecular complexity index is 351. The van der Waals surface area contributed by atoms with Crippen molar-refractivity contribution in [2.45, 2.75) is 39.0 Å². The fraction of sp³-hybridized carbons (Fsp3) is 0.714. The van der Waals surface area contributed by atoms with Crippen molar-refractivity contribution in [2.75, 3.05) is 26.7 Å². The molecule has 1 atom stereocenters. The van der Waals surface area contributed by atoms with Crippen LogP contribution < -0.4 is 5.32 Å². The van der Waals surface area contributed by atoms with Crippen molar-refractivity contribution in [3.8, 4) is 0 Å². The van der Waals surface area contributed by atoms with E-state index in [1.165, 1.54) is 18.4 Å². The number of nitrogens with one attached hydrogen (secondary N) is 1. The first kappa shape index (κ1) is 13.6. The zero-order valence-corrected chi connectivity index (χ0v) is 11.4. The minimum absolute atomic E-state index is 0.380. The molecule has 0 radical (unpaired) electrons. The molecule has 0 bridgehead atoms. The monoisotopic (exact) mass is 252 g/mol. The van der Waals surface area contributed by atoms with Gasteiger partial charge in [0.05, 0.1) is 18.9 Å². The summed E-state index contributed by atoms with van der Waals surface area (Å²) in [5, 5.41) is 3.35. The van der Waals surface area contributed by atoms with Crippen LogP contribution in [-0.4, -0.2) is 37.7 Å². The number of hydrogen-bond donors (Lipinski definition) is 1. The Labute approximate surface area is 109 Å². The van der Waals surface area contributed by atoms with Gasteiger partial charge in [-0.3, -0.25) is 4.90 Å². The molecule has 2 rings (SSSR count). The molecule has 0 spiro atoms. The van der Waals surface area contributed by atoms with Crippen molar-refractivity contribution in [3.63, 3.8) is 0 Å². The summed E-state index contributed by atoms with van der Waals surface area (Å²) < 4.78 is 11.1. The molecule has 0 aliphatic carbocycles. The summed E-state index contributed by atoms with van der Waals surface area (Å²) in [6.45, 7) is 7.05. The minimum atomic E-state index is 0.380. The highest BCUT2D eigenvalue weighted by molar-refractivity contribution is 5.16. The van der Waals surface area contributed by atoms with Gasteiger partial charge < -0.3 is 14.5 Å². The highest BCUT2D eigenvalue weighted by Gasteiger charge is 2.21. The number of ether oxygens (including phenoxy) is 1. The standard InChI is InChI=1S/C14H24N2O2/c1-3-15-9-12-6-8-18-14(12)11-16-7-4-5-13(10-16)17-2/h6,8,13,15H,3-5,7,9-11H2,1-2H3. The molecule has 1 fully saturated rings. The molecule has 4 nitrogen and oxygen atoms in total. The van der Waals surface area contributed by atoms with E-state index in [-0.39, 0.29) is 0 Å². The number of furan rings is 1. The lowest BCUT2D eigenvalue weighted by atomic mass is 10.1. The van der Waals surface area contributed by atoms with Crippen molar-refractivity contribution in [1.29, 1.82) is 0 Å². The molecule has 1 N–H and O–H groups in total. The van der Waals surface area contributed by atoms with Gasteiger partial charge in [0.1, 0.15) is 5.76 Å². The van der Waals surface area contributed by atoms with Crippen LogP contribution in [0, 0.1) is 0 Å². The van der Waals surface area contributed by atoms with Crippen LogP contribution in [0.1, 0.15) is 31.1 Å². The maximum absolute atomic E-state index is 5.61. The molecule has 4 heteroatoms. The molecule has 18 heavy (non-hydrogen) atoms. The summed E-state index contributed by atoms with van der Waals surface area (Å²) in [6, 6.07) is 2.07. The van der Waals surface area contributed by atoms with Gasteiger partial charge in [0.25, 0.3) is 0 Å². The molecular weight excluding hydrogens is 228 g/mol. The largest absolute Gasteiger partial charge is 0.468 e. The number of likely N-dealkylation sites (tertiary alicyclic amines) is 1. The van der Waals surface area contributed by atoms with Crippen LogP contribution in [0.25, 0.3) is 0 Å². The molecule has 0 saturated carbocycles. The average molecular weight is 252 g/mol. The molecule has 0 aromatic carbocycles. The predicted molar refractivity (Wildman–Crippen MR) is 71.4 cm³/mol. The SMILES string of the molecule is CCNCc1ccoc1CN1CCCC(OC)C1. The van der Waals surface area contributed by atoms with E-state index in [2.05, 4.69) is 23.2 Å². The number of nitrogens with zero attached hydrogens (tertiary/aromatic N) is 1. The van der Waals surface area contributed by atoms with Crippen LogP contribution in [0.15, 0.2) is 16.7 Å². The second-order valence-electron chi connectivity index (χ2n) is 4.88. The van der Waals surface area contributed by atoms with E-state index in [4.69, 9.17) is 9.15 Å². The summed E-state index contributed by atoms with van der Waals surface area (Å²) in [4.78, 5) is 2.42. The van der Waals surface area contributed by atoms with Gasteiger partial charge in [-0.05, 0) is 32.0 Å². The molecule has 1 aliphatic heterocycles. The van der Waals surface area contributed by atoms with Crippen molar-refractivity contribution in [1.82, 2.24) is 10.2 Å². The van der Waals surface area contributed by atoms with Gasteiger partial charge in [-0.25, -0.2) is 0 Å². The van der Waals surface area contributed by atoms with Gasteiger partial charge in [0.15, 0.2) is 0 Å². The summed E-state index contributed by atoms with van der Waals surface area (Å²) >= 11 is 0. The fourth-order valence-corrected chi connectivity index (χ4v) is 2.48. The lowest BCUT2D eigenvalue weighted by molar-refractivity contribution is 0.0262. The minimum Gasteiger partial charge on any atom is -0.468 e. The van der Waals surface area contributed by atoms with E-state index in [1.54, 1.807) is 13.4 Å². The van der Waals surface area contributed by atoms with Crippen LogP contribution in [0.4, 0.5) is 0 Å². The third kappa shape index (κ3) is 3.57. The van der Waals surface area contributed by atoms with Crippen molar-refractivity contribution < 1.29 is 9.15 Å². The second-order valence-corrected chi connectivity index (χ2v) is 4.88. The van der Waals surface area contributed by atoms with Crippen molar-refractivity contribution >= 4 is 0 Å². The Balaban J connectivity index is 1.90. The first-order valence-electron chi connectivity index (χ1n) is 6.84. The van der Waals surface area contributed by atoms with Gasteiger partial charge in [0, 0.05) is 25.8 Å². The van der Waals surface area contributed by atoms with Crippen molar-refractivity contribution in [2.24, 2.45) is 0 Å². The van der Waals surface area contributed by atoms with Gasteiger partial charge in [-0.1, -0.05) is 6.92 Å². The van der Waals surface area contributed by atoms with Crippen LogP contribution in [0.5, 0.6) is 0 Å². The molecule has 1 aromatic rings. The number of methoxy groups -OCH3 is 1. The Hall–Kier alpha value is -0.840. The Morgan fingerprint density at radius 2 is 2.44 bits per heavy atom. The molecule has 102 valence electrons. The molecule has 0 amide bonds. The zero-order chi connectivity index (χ0) is 12.8. The lowest BCUT2D eigenvalue weighted by Gasteiger charge is -2.31. The molecule has 2 heterocycles. The quantitative estimate of drug-likeness (QED) is 0.840. The van der Waals surface area contributed by atoms with E-state index < -0.39 is 0 Å². The third-order valence-corrected chi connectivity index (χ3v) is 3.57. The summed E-state index contributed by atoms with van der Waals surface area (Å²) in [7, 11) is 1.80. The van der Waals surface area contributed by atoms with Gasteiger partial charge in [-0.15, -0.1) is 0 Å². The predicted octanol–water partition coefficient (Wildman–Crippen LogP) is 2.00. The van der Waals surface area contributed by atoms with Gasteiger partial charge in [0.2, 0.25) is 0 Å². The fourth-order valence-electron chi connectivity index (χ4n) is 2.48. The second kappa shape index (κ2) is 6.92. The first-order chi connectivity index (χ1) is 8.83. The smallest absolute Gasteiger partial charge is 0.122 e. The van der Waals surface area contributed by atoms with E-state index >= 15 is 0 Å². The molecule has 1 saturated heterocycles. The Morgan fingerprint density at radius 1 is 1.56 bits per heavy atom. The average Bonchev–Trinajstić information content (AvgIpc) is 2.84. The maximum atomic E-state index is 5.61. The number of hydrogen-bond acceptors (Lipinski definition) is 4. The number of rotatable bonds is 6. The van der Waals surface area contributed by atoms with Gasteiger partial charge >= 0.3 is 0 Å². The summed E-state index contributed by atoms with van der Waals surface area (Å²) in [5.41, 5.74) is 1.27. The molecule has 1 aliphatic rings. The first-order valence-corrected chi connectivity index (χ1v) is 6.84. The van der Waals surface area contributed by atoms with Crippen LogP contribution in [0.2, 0.25) is 0 Å². The lowest BCUT2D eigenvalue weighted by Crippen LogP contribution is -2.38. The van der Waals surface area contributed by atoms with Crippen molar-refractivity contribution in [3.05, 3.63) is 23.7 Å². The summed E-state index contributed by atoms with van der Waals surface area (Å²) in [6.07, 6.45) is 4.56. The van der Waals surface area contributed by atoms with E-state index in [0.717, 1.165) is 38.5 Å². The maximum Gasteiger partial charge on any atom is 0.122 e. The van der Waals surface area contributed by atoms with E-state index in [0.29, 0.717) is 6.10 Å². The molecule has 1 aromatic heterocycles. The molecule has 1 unspecified atom stereocenters. The highest BCUT2D eigenvalue weighted by Crippen LogP contribution is 2.18. The Kier molecular flexibility index (Phi) is 5.23. The van der Waals surface area contributed by atoms with E-state index in [1.807, 2.05) is 0 Å². The summed E-state index contributed by atoms with van der Waals surface area (Å²) in [5.74, 6) is 1.09. The van der Waals surface area contributed by atoms with Gasteiger partial charge in [-0.2, -0.15) is 0 Å². The highest BCUT2D eigenvalue weighted by atomic mass is 16.5. The zero-order valence-electron chi connectivity index (χ0n) is 11.4. The van der Waals surface area contributed by atoms with Crippen LogP contribution in [0.3, 0.4) is 0 Å². The van der Waals surface area contributed by atoms with Crippen LogP contribution >= 0.6 is 0 Å². The Morgan fingerprint density at radius 3 is 3.22 bits per heavy atom. The van der Waals surface area contributed by atoms with Crippen LogP contribution in [-0.2, 0) is 17.8 Å². The molecular formula is C14H24N2O2. The number of piperidine rings is 1. The van der Waals surface area contributed by atoms with E-state index in [9.17, 15) is 0 Å².